The van der Waals surface area contributed by atoms with Crippen molar-refractivity contribution in [2.75, 3.05) is 0 Å². The summed E-state index contributed by atoms with van der Waals surface area (Å²) in [7, 11) is 0. The third-order valence-corrected chi connectivity index (χ3v) is 3.56. The molecule has 20 heavy (non-hydrogen) atoms. The molecule has 0 saturated carbocycles. The van der Waals surface area contributed by atoms with Crippen LogP contribution < -0.4 is 5.32 Å². The zero-order valence-corrected chi connectivity index (χ0v) is 11.6. The van der Waals surface area contributed by atoms with Gasteiger partial charge in [-0.1, -0.05) is 48.5 Å². The minimum absolute atomic E-state index is 0.336. The third-order valence-electron chi connectivity index (χ3n) is 3.56. The maximum atomic E-state index is 4.49. The first kappa shape index (κ1) is 12.8. The number of benzene rings is 2. The minimum Gasteiger partial charge on any atom is -0.306 e. The third kappa shape index (κ3) is 2.86. The summed E-state index contributed by atoms with van der Waals surface area (Å²) in [4.78, 5) is 4.49. The van der Waals surface area contributed by atoms with Gasteiger partial charge in [0.25, 0.3) is 0 Å². The standard InChI is InChI=1S/C18H18N2/c1-14(16-7-3-2-4-8-16)19-12-15-11-17-9-5-6-10-18(17)20-13-15/h2-11,13-14,19H,12H2,1H3/t14-/m0/s1. The molecule has 2 aromatic carbocycles. The van der Waals surface area contributed by atoms with Crippen LogP contribution in [-0.2, 0) is 6.54 Å². The van der Waals surface area contributed by atoms with Gasteiger partial charge in [-0.2, -0.15) is 0 Å². The van der Waals surface area contributed by atoms with E-state index in [-0.39, 0.29) is 0 Å². The second kappa shape index (κ2) is 5.85. The maximum Gasteiger partial charge on any atom is 0.0702 e. The lowest BCUT2D eigenvalue weighted by molar-refractivity contribution is 0.574. The van der Waals surface area contributed by atoms with Crippen molar-refractivity contribution >= 4 is 10.9 Å². The monoisotopic (exact) mass is 262 g/mol. The topological polar surface area (TPSA) is 24.9 Å². The van der Waals surface area contributed by atoms with Crippen molar-refractivity contribution in [1.29, 1.82) is 0 Å². The van der Waals surface area contributed by atoms with Crippen LogP contribution >= 0.6 is 0 Å². The number of aromatic nitrogens is 1. The van der Waals surface area contributed by atoms with Crippen LogP contribution in [0.25, 0.3) is 10.9 Å². The van der Waals surface area contributed by atoms with E-state index in [1.165, 1.54) is 16.5 Å². The van der Waals surface area contributed by atoms with Gasteiger partial charge in [0.15, 0.2) is 0 Å². The van der Waals surface area contributed by atoms with Crippen molar-refractivity contribution in [3.63, 3.8) is 0 Å². The van der Waals surface area contributed by atoms with Crippen LogP contribution in [0.2, 0.25) is 0 Å². The number of nitrogens with zero attached hydrogens (tertiary/aromatic N) is 1. The summed E-state index contributed by atoms with van der Waals surface area (Å²) in [5.74, 6) is 0. The Hall–Kier alpha value is -2.19. The van der Waals surface area contributed by atoms with Crippen molar-refractivity contribution in [2.24, 2.45) is 0 Å². The Kier molecular flexibility index (Phi) is 3.75. The Morgan fingerprint density at radius 1 is 1.00 bits per heavy atom. The van der Waals surface area contributed by atoms with E-state index >= 15 is 0 Å². The smallest absolute Gasteiger partial charge is 0.0702 e. The Labute approximate surface area is 119 Å². The lowest BCUT2D eigenvalue weighted by Crippen LogP contribution is -2.18. The van der Waals surface area contributed by atoms with Crippen LogP contribution in [0.5, 0.6) is 0 Å². The molecule has 3 rings (SSSR count). The fourth-order valence-corrected chi connectivity index (χ4v) is 2.34. The van der Waals surface area contributed by atoms with Crippen LogP contribution in [-0.4, -0.2) is 4.98 Å². The molecule has 0 unspecified atom stereocenters. The van der Waals surface area contributed by atoms with E-state index in [1.54, 1.807) is 0 Å². The molecule has 1 atom stereocenters. The average molecular weight is 262 g/mol. The summed E-state index contributed by atoms with van der Waals surface area (Å²) < 4.78 is 0. The van der Waals surface area contributed by atoms with Gasteiger partial charge in [0, 0.05) is 24.2 Å². The molecule has 2 heteroatoms. The van der Waals surface area contributed by atoms with Gasteiger partial charge in [-0.3, -0.25) is 4.98 Å². The molecule has 0 spiro atoms. The molecule has 0 radical (unpaired) electrons. The molecule has 0 aliphatic carbocycles. The summed E-state index contributed by atoms with van der Waals surface area (Å²) in [5.41, 5.74) is 3.57. The first-order valence-corrected chi connectivity index (χ1v) is 6.95. The molecule has 0 amide bonds. The van der Waals surface area contributed by atoms with Gasteiger partial charge in [-0.25, -0.2) is 0 Å². The van der Waals surface area contributed by atoms with Crippen molar-refractivity contribution in [2.45, 2.75) is 19.5 Å². The zero-order valence-electron chi connectivity index (χ0n) is 11.6. The van der Waals surface area contributed by atoms with Gasteiger partial charge in [0.2, 0.25) is 0 Å². The first-order valence-electron chi connectivity index (χ1n) is 6.95. The summed E-state index contributed by atoms with van der Waals surface area (Å²) >= 11 is 0. The summed E-state index contributed by atoms with van der Waals surface area (Å²) in [6.07, 6.45) is 1.95. The Balaban J connectivity index is 1.70. The molecule has 0 aliphatic rings. The summed E-state index contributed by atoms with van der Waals surface area (Å²) in [6.45, 7) is 3.01. The fraction of sp³-hybridized carbons (Fsp3) is 0.167. The lowest BCUT2D eigenvalue weighted by atomic mass is 10.1. The molecule has 1 N–H and O–H groups in total. The van der Waals surface area contributed by atoms with Crippen molar-refractivity contribution < 1.29 is 0 Å². The Morgan fingerprint density at radius 3 is 2.60 bits per heavy atom. The van der Waals surface area contributed by atoms with E-state index in [1.807, 2.05) is 30.5 Å². The predicted molar refractivity (Wildman–Crippen MR) is 83.4 cm³/mol. The predicted octanol–water partition coefficient (Wildman–Crippen LogP) is 4.09. The lowest BCUT2D eigenvalue weighted by Gasteiger charge is -2.14. The Morgan fingerprint density at radius 2 is 1.75 bits per heavy atom. The Bertz CT molecular complexity index is 692. The molecule has 3 aromatic rings. The first-order chi connectivity index (χ1) is 9.83. The molecular formula is C18H18N2. The highest BCUT2D eigenvalue weighted by atomic mass is 14.9. The van der Waals surface area contributed by atoms with Crippen molar-refractivity contribution in [1.82, 2.24) is 10.3 Å². The minimum atomic E-state index is 0.336. The number of nitrogens with one attached hydrogen (secondary N) is 1. The molecule has 1 aromatic heterocycles. The highest BCUT2D eigenvalue weighted by Gasteiger charge is 2.04. The quantitative estimate of drug-likeness (QED) is 0.766. The molecule has 1 heterocycles. The van der Waals surface area contributed by atoms with E-state index in [4.69, 9.17) is 0 Å². The number of hydrogen-bond donors (Lipinski definition) is 1. The molecule has 2 nitrogen and oxygen atoms in total. The number of hydrogen-bond acceptors (Lipinski definition) is 2. The van der Waals surface area contributed by atoms with Crippen molar-refractivity contribution in [3.05, 3.63) is 78.0 Å². The molecule has 0 fully saturated rings. The molecular weight excluding hydrogens is 244 g/mol. The number of para-hydroxylation sites is 1. The summed E-state index contributed by atoms with van der Waals surface area (Å²) in [5, 5.41) is 4.73. The van der Waals surface area contributed by atoms with Crippen LogP contribution in [0, 0.1) is 0 Å². The van der Waals surface area contributed by atoms with E-state index in [0.717, 1.165) is 12.1 Å². The van der Waals surface area contributed by atoms with E-state index in [9.17, 15) is 0 Å². The van der Waals surface area contributed by atoms with E-state index in [0.29, 0.717) is 6.04 Å². The maximum absolute atomic E-state index is 4.49. The van der Waals surface area contributed by atoms with Crippen molar-refractivity contribution in [3.8, 4) is 0 Å². The number of fused-ring (bicyclic) bond motifs is 1. The second-order valence-electron chi connectivity index (χ2n) is 5.05. The largest absolute Gasteiger partial charge is 0.306 e. The van der Waals surface area contributed by atoms with Crippen LogP contribution in [0.3, 0.4) is 0 Å². The van der Waals surface area contributed by atoms with Gasteiger partial charge in [-0.05, 0) is 30.2 Å². The highest BCUT2D eigenvalue weighted by Crippen LogP contribution is 2.15. The molecule has 0 aliphatic heterocycles. The van der Waals surface area contributed by atoms with Crippen LogP contribution in [0.15, 0.2) is 66.9 Å². The molecule has 0 saturated heterocycles. The van der Waals surface area contributed by atoms with Gasteiger partial charge in [-0.15, -0.1) is 0 Å². The molecule has 100 valence electrons. The van der Waals surface area contributed by atoms with Crippen LogP contribution in [0.4, 0.5) is 0 Å². The van der Waals surface area contributed by atoms with Crippen LogP contribution in [0.1, 0.15) is 24.1 Å². The van der Waals surface area contributed by atoms with Gasteiger partial charge < -0.3 is 5.32 Å². The molecule has 0 bridgehead atoms. The summed E-state index contributed by atoms with van der Waals surface area (Å²) in [6, 6.07) is 21.2. The normalized spacial score (nSPS) is 12.4. The number of pyridine rings is 1. The fourth-order valence-electron chi connectivity index (χ4n) is 2.34. The van der Waals surface area contributed by atoms with Gasteiger partial charge >= 0.3 is 0 Å². The SMILES string of the molecule is C[C@H](NCc1cnc2ccccc2c1)c1ccccc1. The number of rotatable bonds is 4. The highest BCUT2D eigenvalue weighted by molar-refractivity contribution is 5.78. The second-order valence-corrected chi connectivity index (χ2v) is 5.05. The van der Waals surface area contributed by atoms with Gasteiger partial charge in [0.1, 0.15) is 0 Å². The van der Waals surface area contributed by atoms with Gasteiger partial charge in [0.05, 0.1) is 5.52 Å². The zero-order chi connectivity index (χ0) is 13.8. The van der Waals surface area contributed by atoms with E-state index in [2.05, 4.69) is 53.6 Å². The van der Waals surface area contributed by atoms with E-state index < -0.39 is 0 Å². The average Bonchev–Trinajstić information content (AvgIpc) is 2.53.